The molecular formula is C10H14BrNO3. The van der Waals surface area contributed by atoms with Gasteiger partial charge in [-0.2, -0.15) is 0 Å². The van der Waals surface area contributed by atoms with Gasteiger partial charge in [0.2, 0.25) is 0 Å². The lowest BCUT2D eigenvalue weighted by atomic mass is 9.81. The number of hydrogen-bond donors (Lipinski definition) is 2. The van der Waals surface area contributed by atoms with Crippen LogP contribution in [0, 0.1) is 6.92 Å². The Balaban J connectivity index is 3.15. The van der Waals surface area contributed by atoms with E-state index in [1.54, 1.807) is 19.9 Å². The SMILES string of the molecule is Cc1cc(Br)oc1C(C)(C)C(N)C(=O)O. The Hall–Kier alpha value is -0.810. The van der Waals surface area contributed by atoms with Crippen molar-refractivity contribution in [1.29, 1.82) is 0 Å². The van der Waals surface area contributed by atoms with E-state index in [4.69, 9.17) is 15.3 Å². The lowest BCUT2D eigenvalue weighted by Gasteiger charge is -2.27. The molecule has 15 heavy (non-hydrogen) atoms. The Morgan fingerprint density at radius 3 is 2.53 bits per heavy atom. The standard InChI is InChI=1S/C10H14BrNO3/c1-5-4-6(11)15-8(5)10(2,3)7(12)9(13)14/h4,7H,12H2,1-3H3,(H,13,14). The monoisotopic (exact) mass is 275 g/mol. The van der Waals surface area contributed by atoms with E-state index in [0.29, 0.717) is 10.4 Å². The molecule has 0 saturated carbocycles. The number of hydrogen-bond acceptors (Lipinski definition) is 3. The first-order chi connectivity index (χ1) is 6.76. The molecule has 0 bridgehead atoms. The molecule has 1 aromatic rings. The summed E-state index contributed by atoms with van der Waals surface area (Å²) in [6.45, 7) is 5.37. The third-order valence-corrected chi connectivity index (χ3v) is 2.91. The number of carboxylic acids is 1. The Kier molecular flexibility index (Phi) is 3.25. The molecule has 0 saturated heterocycles. The zero-order valence-electron chi connectivity index (χ0n) is 8.87. The Morgan fingerprint density at radius 2 is 2.20 bits per heavy atom. The van der Waals surface area contributed by atoms with Crippen molar-refractivity contribution in [2.45, 2.75) is 32.2 Å². The summed E-state index contributed by atoms with van der Waals surface area (Å²) >= 11 is 3.21. The van der Waals surface area contributed by atoms with Gasteiger partial charge >= 0.3 is 5.97 Å². The third kappa shape index (κ3) is 2.23. The van der Waals surface area contributed by atoms with Crippen molar-refractivity contribution in [2.24, 2.45) is 5.73 Å². The van der Waals surface area contributed by atoms with Gasteiger partial charge in [-0.1, -0.05) is 13.8 Å². The fraction of sp³-hybridized carbons (Fsp3) is 0.500. The first kappa shape index (κ1) is 12.3. The minimum atomic E-state index is -1.04. The smallest absolute Gasteiger partial charge is 0.321 e. The molecule has 0 amide bonds. The molecule has 1 atom stereocenters. The summed E-state index contributed by atoms with van der Waals surface area (Å²) in [5.74, 6) is -0.434. The summed E-state index contributed by atoms with van der Waals surface area (Å²) in [4.78, 5) is 10.9. The summed E-state index contributed by atoms with van der Waals surface area (Å²) in [6, 6.07) is 0.806. The van der Waals surface area contributed by atoms with E-state index in [-0.39, 0.29) is 0 Å². The summed E-state index contributed by atoms with van der Waals surface area (Å²) in [6.07, 6.45) is 0. The van der Waals surface area contributed by atoms with Gasteiger partial charge in [0.05, 0.1) is 0 Å². The van der Waals surface area contributed by atoms with E-state index < -0.39 is 17.4 Å². The maximum Gasteiger partial charge on any atom is 0.321 e. The molecule has 84 valence electrons. The normalized spacial score (nSPS) is 13.9. The van der Waals surface area contributed by atoms with E-state index in [9.17, 15) is 4.79 Å². The minimum absolute atomic E-state index is 0.584. The van der Waals surface area contributed by atoms with Crippen LogP contribution < -0.4 is 5.73 Å². The molecule has 1 rings (SSSR count). The highest BCUT2D eigenvalue weighted by Gasteiger charge is 2.37. The van der Waals surface area contributed by atoms with Gasteiger partial charge < -0.3 is 15.3 Å². The van der Waals surface area contributed by atoms with Crippen LogP contribution in [0.15, 0.2) is 15.2 Å². The predicted octanol–water partition coefficient (Wildman–Crippen LogP) is 2.04. The molecule has 0 spiro atoms. The number of halogens is 1. The van der Waals surface area contributed by atoms with Crippen LogP contribution in [0.25, 0.3) is 0 Å². The number of rotatable bonds is 3. The Morgan fingerprint density at radius 1 is 1.67 bits per heavy atom. The molecule has 0 aliphatic heterocycles. The summed E-state index contributed by atoms with van der Waals surface area (Å²) in [7, 11) is 0. The third-order valence-electron chi connectivity index (χ3n) is 2.52. The van der Waals surface area contributed by atoms with E-state index in [1.807, 2.05) is 6.92 Å². The molecule has 4 nitrogen and oxygen atoms in total. The van der Waals surface area contributed by atoms with Crippen LogP contribution in [0.2, 0.25) is 0 Å². The van der Waals surface area contributed by atoms with Crippen molar-refractivity contribution in [3.63, 3.8) is 0 Å². The summed E-state index contributed by atoms with van der Waals surface area (Å²) in [5.41, 5.74) is 5.79. The van der Waals surface area contributed by atoms with E-state index >= 15 is 0 Å². The summed E-state index contributed by atoms with van der Waals surface area (Å²) in [5, 5.41) is 8.90. The number of aliphatic carboxylic acids is 1. The van der Waals surface area contributed by atoms with Gasteiger partial charge in [-0.05, 0) is 34.5 Å². The van der Waals surface area contributed by atoms with Crippen LogP contribution in [-0.4, -0.2) is 17.1 Å². The van der Waals surface area contributed by atoms with Crippen LogP contribution in [0.3, 0.4) is 0 Å². The minimum Gasteiger partial charge on any atom is -0.480 e. The van der Waals surface area contributed by atoms with Crippen molar-refractivity contribution >= 4 is 21.9 Å². The lowest BCUT2D eigenvalue weighted by Crippen LogP contribution is -2.46. The second-order valence-corrected chi connectivity index (χ2v) is 4.88. The van der Waals surface area contributed by atoms with Crippen LogP contribution in [0.5, 0.6) is 0 Å². The number of carboxylic acid groups (broad SMARTS) is 1. The largest absolute Gasteiger partial charge is 0.480 e. The van der Waals surface area contributed by atoms with Gasteiger partial charge in [0.25, 0.3) is 0 Å². The Labute approximate surface area is 96.6 Å². The molecule has 0 radical (unpaired) electrons. The fourth-order valence-electron chi connectivity index (χ4n) is 1.53. The first-order valence-corrected chi connectivity index (χ1v) is 5.31. The maximum absolute atomic E-state index is 10.9. The highest BCUT2D eigenvalue weighted by atomic mass is 79.9. The molecule has 3 N–H and O–H groups in total. The zero-order chi connectivity index (χ0) is 11.8. The van der Waals surface area contributed by atoms with E-state index in [2.05, 4.69) is 15.9 Å². The van der Waals surface area contributed by atoms with Gasteiger partial charge in [-0.15, -0.1) is 0 Å². The van der Waals surface area contributed by atoms with E-state index in [0.717, 1.165) is 5.56 Å². The summed E-state index contributed by atoms with van der Waals surface area (Å²) < 4.78 is 6.01. The number of furan rings is 1. The lowest BCUT2D eigenvalue weighted by molar-refractivity contribution is -0.140. The van der Waals surface area contributed by atoms with Gasteiger partial charge in [0, 0.05) is 5.41 Å². The van der Waals surface area contributed by atoms with Gasteiger partial charge in [-0.25, -0.2) is 0 Å². The fourth-order valence-corrected chi connectivity index (χ4v) is 2.04. The van der Waals surface area contributed by atoms with Gasteiger partial charge in [0.1, 0.15) is 11.8 Å². The second kappa shape index (κ2) is 3.98. The van der Waals surface area contributed by atoms with Crippen molar-refractivity contribution in [3.05, 3.63) is 22.1 Å². The number of aryl methyl sites for hydroxylation is 1. The van der Waals surface area contributed by atoms with Crippen molar-refractivity contribution in [1.82, 2.24) is 0 Å². The molecule has 0 aromatic carbocycles. The van der Waals surface area contributed by atoms with Crippen LogP contribution in [-0.2, 0) is 10.2 Å². The molecule has 0 aliphatic rings. The predicted molar refractivity (Wildman–Crippen MR) is 59.8 cm³/mol. The van der Waals surface area contributed by atoms with Crippen LogP contribution in [0.1, 0.15) is 25.2 Å². The van der Waals surface area contributed by atoms with Gasteiger partial charge in [0.15, 0.2) is 4.67 Å². The van der Waals surface area contributed by atoms with E-state index in [1.165, 1.54) is 0 Å². The van der Waals surface area contributed by atoms with Crippen molar-refractivity contribution in [3.8, 4) is 0 Å². The van der Waals surface area contributed by atoms with Gasteiger partial charge in [-0.3, -0.25) is 4.79 Å². The molecule has 0 aliphatic carbocycles. The molecular weight excluding hydrogens is 262 g/mol. The molecule has 0 fully saturated rings. The zero-order valence-corrected chi connectivity index (χ0v) is 10.5. The average molecular weight is 276 g/mol. The molecule has 1 aromatic heterocycles. The molecule has 1 unspecified atom stereocenters. The van der Waals surface area contributed by atoms with Crippen molar-refractivity contribution in [2.75, 3.05) is 0 Å². The van der Waals surface area contributed by atoms with Crippen LogP contribution >= 0.6 is 15.9 Å². The first-order valence-electron chi connectivity index (χ1n) is 4.51. The average Bonchev–Trinajstić information content (AvgIpc) is 2.44. The maximum atomic E-state index is 10.9. The quantitative estimate of drug-likeness (QED) is 0.885. The van der Waals surface area contributed by atoms with Crippen molar-refractivity contribution < 1.29 is 14.3 Å². The molecule has 1 heterocycles. The second-order valence-electron chi connectivity index (χ2n) is 4.10. The highest BCUT2D eigenvalue weighted by Crippen LogP contribution is 2.33. The highest BCUT2D eigenvalue weighted by molar-refractivity contribution is 9.10. The Bertz CT molecular complexity index is 384. The molecule has 5 heteroatoms. The van der Waals surface area contributed by atoms with Crippen LogP contribution in [0.4, 0.5) is 0 Å². The topological polar surface area (TPSA) is 76.5 Å². The number of nitrogens with two attached hydrogens (primary N) is 1. The number of carbonyl (C=O) groups is 1.